The molecule has 0 saturated carbocycles. The fourth-order valence-electron chi connectivity index (χ4n) is 0.560. The van der Waals surface area contributed by atoms with E-state index in [1.165, 1.54) is 0 Å². The van der Waals surface area contributed by atoms with Gasteiger partial charge in [-0.2, -0.15) is 0 Å². The van der Waals surface area contributed by atoms with Crippen LogP contribution in [0.3, 0.4) is 0 Å². The number of nitrogens with zero attached hydrogens (tertiary/aromatic N) is 1. The zero-order valence-corrected chi connectivity index (χ0v) is 7.53. The summed E-state index contributed by atoms with van der Waals surface area (Å²) in [6.07, 6.45) is -0.260. The van der Waals surface area contributed by atoms with Crippen LogP contribution in [0.15, 0.2) is 0 Å². The van der Waals surface area contributed by atoms with Gasteiger partial charge in [0.1, 0.15) is 27.6 Å². The number of carboxylic acids is 1. The topological polar surface area (TPSA) is 66.4 Å². The van der Waals surface area contributed by atoms with Crippen molar-refractivity contribution in [3.05, 3.63) is 0 Å². The van der Waals surface area contributed by atoms with Crippen LogP contribution in [0.25, 0.3) is 0 Å². The van der Waals surface area contributed by atoms with Crippen LogP contribution in [0.4, 0.5) is 0 Å². The van der Waals surface area contributed by atoms with Gasteiger partial charge in [0.05, 0.1) is 11.2 Å². The van der Waals surface area contributed by atoms with Gasteiger partial charge in [-0.3, -0.25) is 4.79 Å². The van der Waals surface area contributed by atoms with E-state index in [1.807, 2.05) is 0 Å². The molecule has 69 valence electrons. The lowest BCUT2D eigenvalue weighted by Gasteiger charge is -2.09. The predicted octanol–water partition coefficient (Wildman–Crippen LogP) is 0.0156. The lowest BCUT2D eigenvalue weighted by Crippen LogP contribution is -2.37. The van der Waals surface area contributed by atoms with E-state index < -0.39 is 11.9 Å². The summed E-state index contributed by atoms with van der Waals surface area (Å²) in [7, 11) is 5.04. The maximum atomic E-state index is 10.9. The number of quaternary nitrogens is 1. The Morgan fingerprint density at radius 2 is 1.92 bits per heavy atom. The number of carbonyl (C=O) groups excluding carboxylic acids is 1. The van der Waals surface area contributed by atoms with Crippen LogP contribution in [0.2, 0.25) is 0 Å². The monoisotopic (exact) mass is 176 g/mol. The molecule has 1 N–H and O–H groups in total. The van der Waals surface area contributed by atoms with E-state index in [0.717, 1.165) is 0 Å². The van der Waals surface area contributed by atoms with E-state index in [1.54, 1.807) is 21.1 Å². The molecule has 0 fully saturated rings. The fourth-order valence-corrected chi connectivity index (χ4v) is 0.560. The first-order valence-corrected chi connectivity index (χ1v) is 3.57. The first kappa shape index (κ1) is 10.9. The van der Waals surface area contributed by atoms with Crippen molar-refractivity contribution in [1.29, 1.82) is 0 Å². The summed E-state index contributed by atoms with van der Waals surface area (Å²) >= 11 is 0. The quantitative estimate of drug-likeness (QED) is 0.372. The molecule has 0 aliphatic rings. The molecular weight excluding hydrogens is 162 g/mol. The van der Waals surface area contributed by atoms with Crippen molar-refractivity contribution in [2.75, 3.05) is 21.1 Å². The third-order valence-corrected chi connectivity index (χ3v) is 0.919. The summed E-state index contributed by atoms with van der Waals surface area (Å²) < 4.78 is 0.0540. The van der Waals surface area contributed by atoms with E-state index in [-0.39, 0.29) is 17.5 Å². The van der Waals surface area contributed by atoms with Crippen molar-refractivity contribution in [3.8, 4) is 0 Å². The molecule has 0 heterocycles. The minimum atomic E-state index is -0.992. The molecule has 12 heavy (non-hydrogen) atoms. The SMILES string of the molecule is C[N+](C)(C)OC(=[O+])CCC(=O)O. The lowest BCUT2D eigenvalue weighted by atomic mass is 10.3. The van der Waals surface area contributed by atoms with E-state index in [4.69, 9.17) is 9.94 Å². The molecule has 0 atom stereocenters. The van der Waals surface area contributed by atoms with Crippen molar-refractivity contribution < 1.29 is 24.2 Å². The second-order valence-electron chi connectivity index (χ2n) is 3.25. The molecule has 0 amide bonds. The van der Waals surface area contributed by atoms with Crippen LogP contribution in [0.1, 0.15) is 12.8 Å². The largest absolute Gasteiger partial charge is 0.639 e. The van der Waals surface area contributed by atoms with E-state index in [9.17, 15) is 9.59 Å². The Morgan fingerprint density at radius 3 is 2.25 bits per heavy atom. The van der Waals surface area contributed by atoms with E-state index >= 15 is 0 Å². The maximum Gasteiger partial charge on any atom is 0.639 e. The van der Waals surface area contributed by atoms with Gasteiger partial charge in [-0.05, 0) is 0 Å². The summed E-state index contributed by atoms with van der Waals surface area (Å²) in [6.45, 7) is 0. The standard InChI is InChI=1S/C7H13NO4/c1-8(2,3)12-7(11)5-4-6(9)10/h4-5H2,1-3H3/q+1/p+1. The second kappa shape index (κ2) is 4.06. The predicted molar refractivity (Wildman–Crippen MR) is 41.0 cm³/mol. The van der Waals surface area contributed by atoms with Crippen molar-refractivity contribution in [3.63, 3.8) is 0 Å². The molecule has 5 nitrogen and oxygen atoms in total. The number of aliphatic carboxylic acids is 1. The highest BCUT2D eigenvalue weighted by molar-refractivity contribution is 5.76. The molecule has 0 spiro atoms. The molecular formula is C7H14NO4+2. The highest BCUT2D eigenvalue weighted by Gasteiger charge is 2.29. The molecule has 1 radical (unpaired) electrons. The van der Waals surface area contributed by atoms with Crippen LogP contribution < -0.4 is 0 Å². The van der Waals surface area contributed by atoms with Crippen LogP contribution in [-0.2, 0) is 14.4 Å². The molecule has 0 aliphatic carbocycles. The number of hydroxylamine groups is 3. The molecule has 0 bridgehead atoms. The second-order valence-corrected chi connectivity index (χ2v) is 3.25. The molecule has 0 aromatic carbocycles. The van der Waals surface area contributed by atoms with E-state index in [0.29, 0.717) is 0 Å². The first-order chi connectivity index (χ1) is 5.31. The van der Waals surface area contributed by atoms with Gasteiger partial charge in [-0.1, -0.05) is 9.48 Å². The summed E-state index contributed by atoms with van der Waals surface area (Å²) in [5.41, 5.74) is 0. The molecule has 0 saturated heterocycles. The summed E-state index contributed by atoms with van der Waals surface area (Å²) in [5.74, 6) is -1.49. The number of carbonyl (C=O) groups is 2. The van der Waals surface area contributed by atoms with Crippen LogP contribution >= 0.6 is 0 Å². The van der Waals surface area contributed by atoms with Crippen molar-refractivity contribution >= 4 is 11.9 Å². The minimum Gasteiger partial charge on any atom is -0.481 e. The molecule has 0 aliphatic heterocycles. The first-order valence-electron chi connectivity index (χ1n) is 3.57. The summed E-state index contributed by atoms with van der Waals surface area (Å²) in [6, 6.07) is 0. The third kappa shape index (κ3) is 7.01. The van der Waals surface area contributed by atoms with Crippen LogP contribution in [0, 0.1) is 0 Å². The zero-order valence-electron chi connectivity index (χ0n) is 7.53. The Hall–Kier alpha value is -1.10. The van der Waals surface area contributed by atoms with Crippen molar-refractivity contribution in [2.24, 2.45) is 0 Å². The molecule has 0 rings (SSSR count). The van der Waals surface area contributed by atoms with Crippen molar-refractivity contribution in [2.45, 2.75) is 12.8 Å². The van der Waals surface area contributed by atoms with Gasteiger partial charge < -0.3 is 5.11 Å². The van der Waals surface area contributed by atoms with Gasteiger partial charge in [0, 0.05) is 0 Å². The van der Waals surface area contributed by atoms with Gasteiger partial charge in [0.15, 0.2) is 0 Å². The van der Waals surface area contributed by atoms with Gasteiger partial charge in [-0.15, -0.1) is 0 Å². The summed E-state index contributed by atoms with van der Waals surface area (Å²) in [4.78, 5) is 25.7. The Bertz CT molecular complexity index is 182. The number of hydrogen-bond acceptors (Lipinski definition) is 3. The highest BCUT2D eigenvalue weighted by Crippen LogP contribution is 1.98. The van der Waals surface area contributed by atoms with Crippen LogP contribution in [0.5, 0.6) is 0 Å². The molecule has 0 unspecified atom stereocenters. The normalized spacial score (nSPS) is 10.9. The zero-order chi connectivity index (χ0) is 9.78. The third-order valence-electron chi connectivity index (χ3n) is 0.919. The van der Waals surface area contributed by atoms with Gasteiger partial charge in [0.25, 0.3) is 0 Å². The Balaban J connectivity index is 3.68. The summed E-state index contributed by atoms with van der Waals surface area (Å²) in [5, 5.41) is 8.25. The molecule has 0 aromatic heterocycles. The fraction of sp³-hybridized carbons (Fsp3) is 0.714. The number of rotatable bonds is 4. The van der Waals surface area contributed by atoms with Crippen molar-refractivity contribution in [1.82, 2.24) is 0 Å². The number of carboxylic acid groups (broad SMARTS) is 1. The number of hydrogen-bond donors (Lipinski definition) is 1. The average Bonchev–Trinajstić information content (AvgIpc) is 1.79. The highest BCUT2D eigenvalue weighted by atomic mass is 16.7. The Kier molecular flexibility index (Phi) is 3.69. The van der Waals surface area contributed by atoms with Gasteiger partial charge in [-0.25, -0.2) is 0 Å². The van der Waals surface area contributed by atoms with E-state index in [2.05, 4.69) is 0 Å². The van der Waals surface area contributed by atoms with Gasteiger partial charge >= 0.3 is 11.9 Å². The lowest BCUT2D eigenvalue weighted by molar-refractivity contribution is -1.04. The van der Waals surface area contributed by atoms with Gasteiger partial charge in [0.2, 0.25) is 0 Å². The van der Waals surface area contributed by atoms with Crippen LogP contribution in [-0.4, -0.2) is 42.8 Å². The molecule has 5 heteroatoms. The Labute approximate surface area is 71.1 Å². The maximum absolute atomic E-state index is 10.9. The Morgan fingerprint density at radius 1 is 1.42 bits per heavy atom. The average molecular weight is 176 g/mol. The minimum absolute atomic E-state index is 0.0540. The smallest absolute Gasteiger partial charge is 0.481 e. The molecule has 0 aromatic rings.